The van der Waals surface area contributed by atoms with E-state index in [1.165, 1.54) is 5.56 Å². The summed E-state index contributed by atoms with van der Waals surface area (Å²) in [5, 5.41) is 26.3. The minimum atomic E-state index is -1.87. The summed E-state index contributed by atoms with van der Waals surface area (Å²) in [4.78, 5) is 31.1. The molecule has 0 fully saturated rings. The molecule has 4 heterocycles. The van der Waals surface area contributed by atoms with Crippen LogP contribution >= 0.6 is 11.6 Å². The summed E-state index contributed by atoms with van der Waals surface area (Å²) in [5.41, 5.74) is 4.66. The molecule has 1 aromatic carbocycles. The molecule has 0 saturated heterocycles. The Kier molecular flexibility index (Phi) is 5.32. The predicted octanol–water partition coefficient (Wildman–Crippen LogP) is 3.00. The lowest BCUT2D eigenvalue weighted by Gasteiger charge is -2.31. The van der Waals surface area contributed by atoms with Crippen molar-refractivity contribution < 1.29 is 19.7 Å². The van der Waals surface area contributed by atoms with Gasteiger partial charge in [-0.2, -0.15) is 0 Å². The monoisotopic (exact) mass is 509 g/mol. The van der Waals surface area contributed by atoms with Crippen molar-refractivity contribution in [2.45, 2.75) is 70.9 Å². The normalized spacial score (nSPS) is 22.7. The fraction of sp³-hybridized carbons (Fsp3) is 0.444. The van der Waals surface area contributed by atoms with Crippen LogP contribution in [0.4, 0.5) is 0 Å². The molecule has 3 atom stereocenters. The van der Waals surface area contributed by atoms with E-state index in [2.05, 4.69) is 5.32 Å². The zero-order valence-corrected chi connectivity index (χ0v) is 21.2. The Morgan fingerprint density at radius 1 is 1.31 bits per heavy atom. The van der Waals surface area contributed by atoms with Crippen molar-refractivity contribution in [2.75, 3.05) is 6.54 Å². The first-order valence-electron chi connectivity index (χ1n) is 12.4. The molecule has 2 aliphatic heterocycles. The van der Waals surface area contributed by atoms with Crippen molar-refractivity contribution in [3.8, 4) is 11.4 Å². The molecule has 2 aromatic heterocycles. The molecule has 3 N–H and O–H groups in total. The summed E-state index contributed by atoms with van der Waals surface area (Å²) in [6, 6.07) is 3.58. The van der Waals surface area contributed by atoms with Crippen molar-refractivity contribution in [2.24, 2.45) is 0 Å². The molecule has 0 bridgehead atoms. The van der Waals surface area contributed by atoms with Crippen LogP contribution < -0.4 is 10.9 Å². The number of halogens is 1. The number of aliphatic hydroxyl groups excluding tert-OH is 1. The van der Waals surface area contributed by atoms with Crippen LogP contribution in [0.5, 0.6) is 0 Å². The number of ether oxygens (including phenoxy) is 1. The molecule has 1 aliphatic carbocycles. The van der Waals surface area contributed by atoms with E-state index in [0.29, 0.717) is 40.6 Å². The highest BCUT2D eigenvalue weighted by molar-refractivity contribution is 6.32. The lowest BCUT2D eigenvalue weighted by atomic mass is 9.81. The number of cyclic esters (lactones) is 1. The number of benzene rings is 1. The van der Waals surface area contributed by atoms with Gasteiger partial charge in [-0.05, 0) is 61.9 Å². The lowest BCUT2D eigenvalue weighted by Crippen LogP contribution is -2.44. The summed E-state index contributed by atoms with van der Waals surface area (Å²) >= 11 is 6.60. The number of fused-ring (bicyclic) bond motifs is 5. The Bertz CT molecular complexity index is 1530. The van der Waals surface area contributed by atoms with Crippen molar-refractivity contribution in [1.82, 2.24) is 14.9 Å². The van der Waals surface area contributed by atoms with Crippen molar-refractivity contribution in [1.29, 1.82) is 0 Å². The van der Waals surface area contributed by atoms with Crippen LogP contribution in [0.25, 0.3) is 22.3 Å². The quantitative estimate of drug-likeness (QED) is 0.362. The van der Waals surface area contributed by atoms with E-state index < -0.39 is 17.7 Å². The molecule has 9 heteroatoms. The second-order valence-electron chi connectivity index (χ2n) is 10.2. The maximum atomic E-state index is 13.6. The molecular formula is C27H28ClN3O5. The maximum absolute atomic E-state index is 13.6. The number of nitrogens with one attached hydrogen (secondary N) is 1. The summed E-state index contributed by atoms with van der Waals surface area (Å²) < 4.78 is 6.86. The first-order chi connectivity index (χ1) is 17.2. The third-order valence-corrected chi connectivity index (χ3v) is 8.43. The minimum absolute atomic E-state index is 0.0240. The van der Waals surface area contributed by atoms with Gasteiger partial charge in [0.1, 0.15) is 6.61 Å². The number of carbonyl (C=O) groups excluding carboxylic acids is 1. The van der Waals surface area contributed by atoms with Gasteiger partial charge in [-0.15, -0.1) is 0 Å². The van der Waals surface area contributed by atoms with E-state index in [9.17, 15) is 19.8 Å². The van der Waals surface area contributed by atoms with E-state index in [4.69, 9.17) is 21.3 Å². The fourth-order valence-corrected chi connectivity index (χ4v) is 6.29. The Labute approximate surface area is 212 Å². The molecule has 0 saturated carbocycles. The molecule has 0 radical (unpaired) electrons. The zero-order valence-electron chi connectivity index (χ0n) is 20.4. The maximum Gasteiger partial charge on any atom is 0.343 e. The van der Waals surface area contributed by atoms with Gasteiger partial charge in [0.15, 0.2) is 5.60 Å². The minimum Gasteiger partial charge on any atom is -0.458 e. The van der Waals surface area contributed by atoms with Gasteiger partial charge in [-0.1, -0.05) is 18.5 Å². The van der Waals surface area contributed by atoms with Crippen molar-refractivity contribution in [3.05, 3.63) is 60.9 Å². The third kappa shape index (κ3) is 3.14. The van der Waals surface area contributed by atoms with Gasteiger partial charge in [0, 0.05) is 34.1 Å². The van der Waals surface area contributed by atoms with E-state index in [1.54, 1.807) is 24.5 Å². The molecule has 188 valence electrons. The molecule has 3 aromatic rings. The lowest BCUT2D eigenvalue weighted by molar-refractivity contribution is -0.172. The van der Waals surface area contributed by atoms with Crippen LogP contribution in [0.3, 0.4) is 0 Å². The van der Waals surface area contributed by atoms with Crippen LogP contribution in [-0.2, 0) is 34.7 Å². The summed E-state index contributed by atoms with van der Waals surface area (Å²) in [7, 11) is 0. The Hall–Kier alpha value is -2.78. The predicted molar refractivity (Wildman–Crippen MR) is 135 cm³/mol. The molecule has 3 aliphatic rings. The second-order valence-corrected chi connectivity index (χ2v) is 10.6. The average Bonchev–Trinajstić information content (AvgIpc) is 3.22. The third-order valence-electron chi connectivity index (χ3n) is 8.04. The summed E-state index contributed by atoms with van der Waals surface area (Å²) in [5.74, 6) is -0.740. The molecule has 8 nitrogen and oxygen atoms in total. The number of hydrogen-bond donors (Lipinski definition) is 3. The fourth-order valence-electron chi connectivity index (χ4n) is 6.07. The molecule has 0 spiro atoms. The zero-order chi connectivity index (χ0) is 25.5. The molecule has 0 unspecified atom stereocenters. The van der Waals surface area contributed by atoms with Gasteiger partial charge in [-0.3, -0.25) is 4.79 Å². The standard InChI is InChI=1S/C27H28ClN3O5/c1-4-27(35)17-7-21-24-15(10-31(21)25(33)16(17)11-36-26(27)34)23-19(29-9-12(2)32)6-5-14-13(3)18(28)8-20(30-24)22(14)23/h7-8,12,19,29,32,35H,4-6,9-11H2,1-3H3/t12-,19+,27-/m0/s1. The Morgan fingerprint density at radius 3 is 2.81 bits per heavy atom. The van der Waals surface area contributed by atoms with Gasteiger partial charge >= 0.3 is 5.97 Å². The van der Waals surface area contributed by atoms with Gasteiger partial charge in [0.2, 0.25) is 0 Å². The second kappa shape index (κ2) is 8.11. The summed E-state index contributed by atoms with van der Waals surface area (Å²) in [6.07, 6.45) is 1.25. The van der Waals surface area contributed by atoms with Crippen LogP contribution in [0, 0.1) is 6.92 Å². The van der Waals surface area contributed by atoms with Crippen LogP contribution in [0.15, 0.2) is 16.9 Å². The largest absolute Gasteiger partial charge is 0.458 e. The van der Waals surface area contributed by atoms with Crippen molar-refractivity contribution >= 4 is 28.5 Å². The number of nitrogens with zero attached hydrogens (tertiary/aromatic N) is 2. The average molecular weight is 510 g/mol. The molecular weight excluding hydrogens is 482 g/mol. The topological polar surface area (TPSA) is 114 Å². The molecule has 6 rings (SSSR count). The van der Waals surface area contributed by atoms with E-state index in [1.807, 2.05) is 13.0 Å². The smallest absolute Gasteiger partial charge is 0.343 e. The van der Waals surface area contributed by atoms with Gasteiger partial charge < -0.3 is 24.8 Å². The highest BCUT2D eigenvalue weighted by Gasteiger charge is 2.45. The number of pyridine rings is 2. The van der Waals surface area contributed by atoms with Crippen LogP contribution in [0.2, 0.25) is 5.02 Å². The highest BCUT2D eigenvalue weighted by Crippen LogP contribution is 2.46. The Morgan fingerprint density at radius 2 is 2.08 bits per heavy atom. The van der Waals surface area contributed by atoms with Crippen LogP contribution in [-0.4, -0.2) is 38.4 Å². The van der Waals surface area contributed by atoms with E-state index in [0.717, 1.165) is 40.4 Å². The van der Waals surface area contributed by atoms with Crippen molar-refractivity contribution in [3.63, 3.8) is 0 Å². The number of hydrogen-bond acceptors (Lipinski definition) is 7. The van der Waals surface area contributed by atoms with E-state index in [-0.39, 0.29) is 24.6 Å². The number of rotatable bonds is 4. The number of aromatic nitrogens is 2. The van der Waals surface area contributed by atoms with Gasteiger partial charge in [0.05, 0.1) is 35.1 Å². The number of aliphatic hydroxyl groups is 2. The first-order valence-corrected chi connectivity index (χ1v) is 12.8. The first kappa shape index (κ1) is 23.6. The number of esters is 1. The van der Waals surface area contributed by atoms with Gasteiger partial charge in [0.25, 0.3) is 5.56 Å². The SMILES string of the molecule is CC[C@@]1(O)C(=O)OCc2c1cc1n(c2=O)Cc2c-1nc1cc(Cl)c(C)c3c1c2[C@H](NC[C@H](C)O)CC3. The van der Waals surface area contributed by atoms with Gasteiger partial charge in [-0.25, -0.2) is 9.78 Å². The highest BCUT2D eigenvalue weighted by atomic mass is 35.5. The summed E-state index contributed by atoms with van der Waals surface area (Å²) in [6.45, 7) is 6.07. The van der Waals surface area contributed by atoms with Crippen LogP contribution in [0.1, 0.15) is 66.1 Å². The number of carbonyl (C=O) groups is 1. The number of aryl methyl sites for hydroxylation is 1. The Balaban J connectivity index is 1.64. The molecule has 36 heavy (non-hydrogen) atoms. The van der Waals surface area contributed by atoms with E-state index >= 15 is 0 Å². The molecule has 0 amide bonds.